The van der Waals surface area contributed by atoms with Gasteiger partial charge in [-0.05, 0) is 65.2 Å². The Morgan fingerprint density at radius 1 is 0.606 bits per heavy atom. The van der Waals surface area contributed by atoms with Crippen LogP contribution in [0.25, 0.3) is 17.7 Å². The van der Waals surface area contributed by atoms with Gasteiger partial charge in [-0.25, -0.2) is 0 Å². The summed E-state index contributed by atoms with van der Waals surface area (Å²) in [4.78, 5) is 33.2. The molecule has 0 saturated heterocycles. The number of hydrogen-bond acceptors (Lipinski definition) is 6. The smallest absolute Gasteiger partial charge is 0.153 e. The quantitative estimate of drug-likeness (QED) is 0.144. The molecule has 0 radical (unpaired) electrons. The first-order valence-corrected chi connectivity index (χ1v) is 9.99. The molecule has 6 heteroatoms. The van der Waals surface area contributed by atoms with Crippen LogP contribution in [0, 0.1) is 0 Å². The van der Waals surface area contributed by atoms with Crippen LogP contribution in [0.3, 0.4) is 0 Å². The van der Waals surface area contributed by atoms with E-state index in [2.05, 4.69) is 0 Å². The fraction of sp³-hybridized carbons (Fsp3) is 0.0741. The Hall–Kier alpha value is -4.45. The maximum absolute atomic E-state index is 11.7. The minimum absolute atomic E-state index is 0.0608. The van der Waals surface area contributed by atoms with Gasteiger partial charge in [-0.2, -0.15) is 0 Å². The van der Waals surface area contributed by atoms with Gasteiger partial charge in [-0.1, -0.05) is 24.3 Å². The number of methoxy groups -OCH3 is 2. The number of benzene rings is 3. The van der Waals surface area contributed by atoms with Gasteiger partial charge in [0.2, 0.25) is 0 Å². The summed E-state index contributed by atoms with van der Waals surface area (Å²) in [5.74, 6) is 2.44. The standard InChI is InChI=1S/C27H22O6/c1-31-26-13-20(14-27(15-26)32-2)12-23(18-30)22-5-9-25(10-6-22)33-24-7-3-19(4-8-24)11-21(16-28)17-29/h3-18H,1-2H3/b23-12-. The summed E-state index contributed by atoms with van der Waals surface area (Å²) in [6.07, 6.45) is 5.05. The SMILES string of the molecule is COc1cc(/C=C(/C=O)c2ccc(Oc3ccc(C=C(C=O)C=O)cc3)cc2)cc(OC)c1. The second kappa shape index (κ2) is 11.2. The second-order valence-corrected chi connectivity index (χ2v) is 6.94. The van der Waals surface area contributed by atoms with Crippen molar-refractivity contribution >= 4 is 36.6 Å². The Balaban J connectivity index is 1.77. The third kappa shape index (κ3) is 6.27. The zero-order chi connectivity index (χ0) is 23.6. The zero-order valence-electron chi connectivity index (χ0n) is 18.2. The molecular formula is C27H22O6. The predicted octanol–water partition coefficient (Wildman–Crippen LogP) is 5.02. The molecule has 0 fully saturated rings. The Kier molecular flexibility index (Phi) is 7.91. The lowest BCUT2D eigenvalue weighted by molar-refractivity contribution is -0.109. The first-order chi connectivity index (χ1) is 16.1. The van der Waals surface area contributed by atoms with Crippen LogP contribution < -0.4 is 14.2 Å². The molecular weight excluding hydrogens is 420 g/mol. The third-order valence-corrected chi connectivity index (χ3v) is 4.73. The minimum Gasteiger partial charge on any atom is -0.497 e. The zero-order valence-corrected chi connectivity index (χ0v) is 18.2. The van der Waals surface area contributed by atoms with E-state index in [1.54, 1.807) is 74.9 Å². The maximum atomic E-state index is 11.7. The van der Waals surface area contributed by atoms with Gasteiger partial charge < -0.3 is 14.2 Å². The van der Waals surface area contributed by atoms with Crippen molar-refractivity contribution in [1.82, 2.24) is 0 Å². The van der Waals surface area contributed by atoms with Crippen LogP contribution in [0.4, 0.5) is 0 Å². The van der Waals surface area contributed by atoms with Crippen LogP contribution in [0.5, 0.6) is 23.0 Å². The molecule has 166 valence electrons. The molecule has 0 aliphatic heterocycles. The van der Waals surface area contributed by atoms with Crippen LogP contribution in [0.15, 0.2) is 72.3 Å². The van der Waals surface area contributed by atoms with E-state index in [-0.39, 0.29) is 5.57 Å². The van der Waals surface area contributed by atoms with E-state index in [1.807, 2.05) is 12.1 Å². The Labute approximate surface area is 191 Å². The molecule has 0 spiro atoms. The molecule has 0 heterocycles. The number of allylic oxidation sites excluding steroid dienone is 2. The number of hydrogen-bond donors (Lipinski definition) is 0. The largest absolute Gasteiger partial charge is 0.497 e. The van der Waals surface area contributed by atoms with E-state index in [4.69, 9.17) is 14.2 Å². The summed E-state index contributed by atoms with van der Waals surface area (Å²) in [5, 5.41) is 0. The number of ether oxygens (including phenoxy) is 3. The van der Waals surface area contributed by atoms with E-state index in [0.29, 0.717) is 46.7 Å². The molecule has 0 amide bonds. The monoisotopic (exact) mass is 442 g/mol. The molecule has 33 heavy (non-hydrogen) atoms. The van der Waals surface area contributed by atoms with Crippen molar-refractivity contribution in [1.29, 1.82) is 0 Å². The fourth-order valence-electron chi connectivity index (χ4n) is 3.05. The van der Waals surface area contributed by atoms with Gasteiger partial charge in [0.1, 0.15) is 23.0 Å². The molecule has 0 aromatic heterocycles. The van der Waals surface area contributed by atoms with Gasteiger partial charge in [0.25, 0.3) is 0 Å². The van der Waals surface area contributed by atoms with Crippen molar-refractivity contribution in [2.45, 2.75) is 0 Å². The Bertz CT molecular complexity index is 1160. The Morgan fingerprint density at radius 3 is 1.64 bits per heavy atom. The molecule has 3 rings (SSSR count). The minimum atomic E-state index is 0.0608. The van der Waals surface area contributed by atoms with Crippen molar-refractivity contribution in [3.8, 4) is 23.0 Å². The Morgan fingerprint density at radius 2 is 1.15 bits per heavy atom. The first-order valence-electron chi connectivity index (χ1n) is 9.99. The summed E-state index contributed by atoms with van der Waals surface area (Å²) in [7, 11) is 3.14. The molecule has 3 aromatic carbocycles. The molecule has 0 aliphatic carbocycles. The van der Waals surface area contributed by atoms with Crippen molar-refractivity contribution in [3.63, 3.8) is 0 Å². The van der Waals surface area contributed by atoms with Crippen LogP contribution >= 0.6 is 0 Å². The van der Waals surface area contributed by atoms with Crippen LogP contribution in [-0.4, -0.2) is 33.1 Å². The lowest BCUT2D eigenvalue weighted by Gasteiger charge is -2.09. The highest BCUT2D eigenvalue weighted by Gasteiger charge is 2.06. The van der Waals surface area contributed by atoms with Gasteiger partial charge in [0.15, 0.2) is 18.9 Å². The molecule has 0 N–H and O–H groups in total. The summed E-state index contributed by atoms with van der Waals surface area (Å²) in [6, 6.07) is 19.5. The van der Waals surface area contributed by atoms with Gasteiger partial charge >= 0.3 is 0 Å². The summed E-state index contributed by atoms with van der Waals surface area (Å²) in [5.41, 5.74) is 2.77. The number of rotatable bonds is 10. The van der Waals surface area contributed by atoms with E-state index in [9.17, 15) is 14.4 Å². The topological polar surface area (TPSA) is 78.9 Å². The summed E-state index contributed by atoms with van der Waals surface area (Å²) in [6.45, 7) is 0. The highest BCUT2D eigenvalue weighted by molar-refractivity contribution is 6.13. The maximum Gasteiger partial charge on any atom is 0.153 e. The van der Waals surface area contributed by atoms with Crippen molar-refractivity contribution < 1.29 is 28.6 Å². The van der Waals surface area contributed by atoms with E-state index >= 15 is 0 Å². The van der Waals surface area contributed by atoms with Crippen molar-refractivity contribution in [2.75, 3.05) is 14.2 Å². The highest BCUT2D eigenvalue weighted by atomic mass is 16.5. The lowest BCUT2D eigenvalue weighted by atomic mass is 10.0. The molecule has 0 saturated carbocycles. The molecule has 0 bridgehead atoms. The average Bonchev–Trinajstić information content (AvgIpc) is 2.87. The van der Waals surface area contributed by atoms with Gasteiger partial charge in [0.05, 0.1) is 19.8 Å². The first kappa shape index (κ1) is 23.2. The normalized spacial score (nSPS) is 10.7. The molecule has 6 nitrogen and oxygen atoms in total. The van der Waals surface area contributed by atoms with Crippen molar-refractivity contribution in [3.05, 3.63) is 89.0 Å². The molecule has 0 aliphatic rings. The second-order valence-electron chi connectivity index (χ2n) is 6.94. The fourth-order valence-corrected chi connectivity index (χ4v) is 3.05. The predicted molar refractivity (Wildman–Crippen MR) is 127 cm³/mol. The van der Waals surface area contributed by atoms with Gasteiger partial charge in [-0.15, -0.1) is 0 Å². The lowest BCUT2D eigenvalue weighted by Crippen LogP contribution is -1.91. The number of carbonyl (C=O) groups excluding carboxylic acids is 3. The highest BCUT2D eigenvalue weighted by Crippen LogP contribution is 2.27. The van der Waals surface area contributed by atoms with Crippen LogP contribution in [0.1, 0.15) is 16.7 Å². The van der Waals surface area contributed by atoms with Gasteiger partial charge in [0, 0.05) is 11.6 Å². The molecule has 0 atom stereocenters. The molecule has 0 unspecified atom stereocenters. The van der Waals surface area contributed by atoms with Crippen LogP contribution in [-0.2, 0) is 14.4 Å². The summed E-state index contributed by atoms with van der Waals surface area (Å²) < 4.78 is 16.4. The number of carbonyl (C=O) groups is 3. The number of aldehydes is 3. The van der Waals surface area contributed by atoms with Crippen molar-refractivity contribution in [2.24, 2.45) is 0 Å². The van der Waals surface area contributed by atoms with Gasteiger partial charge in [-0.3, -0.25) is 14.4 Å². The van der Waals surface area contributed by atoms with E-state index in [0.717, 1.165) is 17.4 Å². The average molecular weight is 442 g/mol. The van der Waals surface area contributed by atoms with E-state index in [1.165, 1.54) is 6.08 Å². The molecule has 3 aromatic rings. The summed E-state index contributed by atoms with van der Waals surface area (Å²) >= 11 is 0. The van der Waals surface area contributed by atoms with E-state index < -0.39 is 0 Å². The van der Waals surface area contributed by atoms with Crippen LogP contribution in [0.2, 0.25) is 0 Å². The third-order valence-electron chi connectivity index (χ3n) is 4.73.